The average Bonchev–Trinajstić information content (AvgIpc) is 2.18. The zero-order valence-electron chi connectivity index (χ0n) is 8.38. The number of hydrogen-bond donors (Lipinski definition) is 1. The molecule has 1 aliphatic rings. The van der Waals surface area contributed by atoms with Crippen molar-refractivity contribution in [2.45, 2.75) is 18.9 Å². The number of carbonyl (C=O) groups excluding carboxylic acids is 1. The van der Waals surface area contributed by atoms with Gasteiger partial charge in [-0.3, -0.25) is 4.79 Å². The van der Waals surface area contributed by atoms with E-state index in [4.69, 9.17) is 0 Å². The normalized spacial score (nSPS) is 18.6. The van der Waals surface area contributed by atoms with E-state index in [0.29, 0.717) is 11.8 Å². The molecule has 0 bridgehead atoms. The van der Waals surface area contributed by atoms with Gasteiger partial charge in [-0.2, -0.15) is 11.8 Å². The van der Waals surface area contributed by atoms with Gasteiger partial charge in [-0.25, -0.2) is 0 Å². The molecule has 0 aromatic rings. The molecule has 0 aromatic heterocycles. The summed E-state index contributed by atoms with van der Waals surface area (Å²) in [6.45, 7) is 2.09. The van der Waals surface area contributed by atoms with Crippen LogP contribution in [0.1, 0.15) is 12.8 Å². The number of carbonyl (C=O) groups is 1. The number of amides is 1. The molecule has 1 saturated heterocycles. The third-order valence-electron chi connectivity index (χ3n) is 2.52. The van der Waals surface area contributed by atoms with E-state index >= 15 is 0 Å². The van der Waals surface area contributed by atoms with Crippen molar-refractivity contribution in [3.63, 3.8) is 0 Å². The van der Waals surface area contributed by atoms with Gasteiger partial charge in [0.15, 0.2) is 0 Å². The first-order valence-corrected chi connectivity index (χ1v) is 6.10. The van der Waals surface area contributed by atoms with Crippen molar-refractivity contribution in [2.75, 3.05) is 32.1 Å². The highest BCUT2D eigenvalue weighted by Crippen LogP contribution is 2.10. The summed E-state index contributed by atoms with van der Waals surface area (Å²) in [5.41, 5.74) is 0. The summed E-state index contributed by atoms with van der Waals surface area (Å²) >= 11 is 1.60. The lowest BCUT2D eigenvalue weighted by Gasteiger charge is -2.31. The van der Waals surface area contributed by atoms with Crippen molar-refractivity contribution in [3.8, 4) is 0 Å². The van der Waals surface area contributed by atoms with E-state index < -0.39 is 0 Å². The van der Waals surface area contributed by atoms with Gasteiger partial charge in [0, 0.05) is 13.1 Å². The van der Waals surface area contributed by atoms with Crippen LogP contribution >= 0.6 is 11.8 Å². The molecule has 0 atom stereocenters. The van der Waals surface area contributed by atoms with Crippen LogP contribution in [-0.2, 0) is 4.79 Å². The minimum Gasteiger partial charge on any atom is -0.342 e. The van der Waals surface area contributed by atoms with Crippen molar-refractivity contribution in [3.05, 3.63) is 0 Å². The zero-order chi connectivity index (χ0) is 9.68. The van der Waals surface area contributed by atoms with Crippen LogP contribution in [0.3, 0.4) is 0 Å². The van der Waals surface area contributed by atoms with E-state index in [1.165, 1.54) is 0 Å². The first kappa shape index (κ1) is 10.9. The lowest BCUT2D eigenvalue weighted by molar-refractivity contribution is -0.129. The monoisotopic (exact) mass is 202 g/mol. The molecule has 1 rings (SSSR count). The molecule has 0 aromatic carbocycles. The Kier molecular flexibility index (Phi) is 4.59. The molecule has 0 aliphatic carbocycles. The molecule has 0 unspecified atom stereocenters. The fourth-order valence-electron chi connectivity index (χ4n) is 1.62. The second kappa shape index (κ2) is 5.50. The van der Waals surface area contributed by atoms with Crippen LogP contribution in [0.5, 0.6) is 0 Å². The van der Waals surface area contributed by atoms with Crippen molar-refractivity contribution < 1.29 is 4.79 Å². The van der Waals surface area contributed by atoms with Gasteiger partial charge < -0.3 is 10.2 Å². The van der Waals surface area contributed by atoms with Crippen molar-refractivity contribution in [2.24, 2.45) is 0 Å². The molecule has 4 heteroatoms. The maximum absolute atomic E-state index is 11.5. The zero-order valence-corrected chi connectivity index (χ0v) is 9.19. The van der Waals surface area contributed by atoms with E-state index in [-0.39, 0.29) is 5.91 Å². The SMILES string of the molecule is CSCC(=O)N(C)C1CCNCC1. The predicted octanol–water partition coefficient (Wildman–Crippen LogP) is 0.560. The minimum atomic E-state index is 0.263. The Morgan fingerprint density at radius 2 is 2.15 bits per heavy atom. The van der Waals surface area contributed by atoms with Crippen molar-refractivity contribution in [1.82, 2.24) is 10.2 Å². The molecule has 0 spiro atoms. The molecule has 1 heterocycles. The molecule has 1 aliphatic heterocycles. The molecular formula is C9H18N2OS. The summed E-state index contributed by atoms with van der Waals surface area (Å²) in [6, 6.07) is 0.459. The second-order valence-corrected chi connectivity index (χ2v) is 4.28. The second-order valence-electron chi connectivity index (χ2n) is 3.42. The van der Waals surface area contributed by atoms with E-state index in [0.717, 1.165) is 25.9 Å². The van der Waals surface area contributed by atoms with E-state index in [9.17, 15) is 4.79 Å². The molecule has 3 nitrogen and oxygen atoms in total. The Morgan fingerprint density at radius 1 is 1.54 bits per heavy atom. The third kappa shape index (κ3) is 3.19. The molecule has 1 amide bonds. The summed E-state index contributed by atoms with van der Waals surface area (Å²) in [6.07, 6.45) is 4.15. The Labute approximate surface area is 84.2 Å². The average molecular weight is 202 g/mol. The highest BCUT2D eigenvalue weighted by Gasteiger charge is 2.20. The summed E-state index contributed by atoms with van der Waals surface area (Å²) in [5.74, 6) is 0.875. The van der Waals surface area contributed by atoms with Gasteiger partial charge in [-0.05, 0) is 32.2 Å². The van der Waals surface area contributed by atoms with E-state index in [1.54, 1.807) is 11.8 Å². The summed E-state index contributed by atoms with van der Waals surface area (Å²) in [4.78, 5) is 13.4. The van der Waals surface area contributed by atoms with Gasteiger partial charge in [0.05, 0.1) is 5.75 Å². The molecule has 0 radical (unpaired) electrons. The lowest BCUT2D eigenvalue weighted by atomic mass is 10.1. The molecular weight excluding hydrogens is 184 g/mol. The maximum atomic E-state index is 11.5. The Bertz CT molecular complexity index is 169. The van der Waals surface area contributed by atoms with Crippen LogP contribution in [0, 0.1) is 0 Å². The largest absolute Gasteiger partial charge is 0.342 e. The molecule has 13 heavy (non-hydrogen) atoms. The van der Waals surface area contributed by atoms with Crippen LogP contribution in [0.4, 0.5) is 0 Å². The number of nitrogens with zero attached hydrogens (tertiary/aromatic N) is 1. The summed E-state index contributed by atoms with van der Waals surface area (Å²) < 4.78 is 0. The summed E-state index contributed by atoms with van der Waals surface area (Å²) in [7, 11) is 1.93. The Morgan fingerprint density at radius 3 is 2.69 bits per heavy atom. The van der Waals surface area contributed by atoms with Gasteiger partial charge in [0.25, 0.3) is 0 Å². The predicted molar refractivity (Wildman–Crippen MR) is 57.0 cm³/mol. The minimum absolute atomic E-state index is 0.263. The molecule has 1 fully saturated rings. The number of hydrogen-bond acceptors (Lipinski definition) is 3. The standard InChI is InChI=1S/C9H18N2OS/c1-11(9(12)7-13-2)8-3-5-10-6-4-8/h8,10H,3-7H2,1-2H3. The highest BCUT2D eigenvalue weighted by molar-refractivity contribution is 7.99. The highest BCUT2D eigenvalue weighted by atomic mass is 32.2. The van der Waals surface area contributed by atoms with Crippen LogP contribution in [-0.4, -0.2) is 49.0 Å². The first-order valence-electron chi connectivity index (χ1n) is 4.71. The van der Waals surface area contributed by atoms with E-state index in [2.05, 4.69) is 5.32 Å². The topological polar surface area (TPSA) is 32.3 Å². The smallest absolute Gasteiger partial charge is 0.232 e. The fourth-order valence-corrected chi connectivity index (χ4v) is 2.07. The van der Waals surface area contributed by atoms with Crippen LogP contribution < -0.4 is 5.32 Å². The fraction of sp³-hybridized carbons (Fsp3) is 0.889. The Hall–Kier alpha value is -0.220. The van der Waals surface area contributed by atoms with Gasteiger partial charge >= 0.3 is 0 Å². The number of piperidine rings is 1. The van der Waals surface area contributed by atoms with Gasteiger partial charge in [-0.1, -0.05) is 0 Å². The van der Waals surface area contributed by atoms with Crippen LogP contribution in [0.15, 0.2) is 0 Å². The number of thioether (sulfide) groups is 1. The maximum Gasteiger partial charge on any atom is 0.232 e. The van der Waals surface area contributed by atoms with Gasteiger partial charge in [-0.15, -0.1) is 0 Å². The molecule has 76 valence electrons. The van der Waals surface area contributed by atoms with Crippen LogP contribution in [0.2, 0.25) is 0 Å². The first-order chi connectivity index (χ1) is 6.25. The van der Waals surface area contributed by atoms with Crippen molar-refractivity contribution in [1.29, 1.82) is 0 Å². The molecule has 1 N–H and O–H groups in total. The Balaban J connectivity index is 2.35. The lowest BCUT2D eigenvalue weighted by Crippen LogP contribution is -2.44. The van der Waals surface area contributed by atoms with E-state index in [1.807, 2.05) is 18.2 Å². The van der Waals surface area contributed by atoms with Gasteiger partial charge in [0.1, 0.15) is 0 Å². The number of rotatable bonds is 3. The van der Waals surface area contributed by atoms with Crippen LogP contribution in [0.25, 0.3) is 0 Å². The number of nitrogens with one attached hydrogen (secondary N) is 1. The van der Waals surface area contributed by atoms with Crippen molar-refractivity contribution >= 4 is 17.7 Å². The summed E-state index contributed by atoms with van der Waals surface area (Å²) in [5, 5.41) is 3.30. The van der Waals surface area contributed by atoms with Gasteiger partial charge in [0.2, 0.25) is 5.91 Å². The molecule has 0 saturated carbocycles. The quantitative estimate of drug-likeness (QED) is 0.726. The third-order valence-corrected chi connectivity index (χ3v) is 3.05.